The van der Waals surface area contributed by atoms with Crippen LogP contribution in [0.2, 0.25) is 5.02 Å². The van der Waals surface area contributed by atoms with E-state index in [1.54, 1.807) is 20.9 Å². The summed E-state index contributed by atoms with van der Waals surface area (Å²) in [4.78, 5) is 11.7. The van der Waals surface area contributed by atoms with Gasteiger partial charge < -0.3 is 14.6 Å². The number of carbonyl (C=O) groups is 1. The zero-order valence-corrected chi connectivity index (χ0v) is 16.9. The smallest absolute Gasteiger partial charge is 0.252 e. The zero-order chi connectivity index (χ0) is 21.8. The molecule has 1 aliphatic rings. The van der Waals surface area contributed by atoms with Gasteiger partial charge in [-0.1, -0.05) is 11.6 Å². The second-order valence-electron chi connectivity index (χ2n) is 7.35. The van der Waals surface area contributed by atoms with Crippen molar-refractivity contribution < 1.29 is 22.7 Å². The number of hydrogen-bond acceptors (Lipinski definition) is 4. The maximum atomic E-state index is 15.0. The number of hydrogen-bond donors (Lipinski definition) is 1. The number of fused-ring (bicyclic) bond motifs is 1. The monoisotopic (exact) mass is 436 g/mol. The first kappa shape index (κ1) is 20.2. The highest BCUT2D eigenvalue weighted by Crippen LogP contribution is 2.34. The number of rotatable bonds is 4. The molecule has 10 heteroatoms. The van der Waals surface area contributed by atoms with E-state index in [1.807, 2.05) is 0 Å². The van der Waals surface area contributed by atoms with Crippen molar-refractivity contribution >= 4 is 17.5 Å². The third-order valence-electron chi connectivity index (χ3n) is 4.89. The van der Waals surface area contributed by atoms with E-state index in [0.717, 1.165) is 12.1 Å². The Morgan fingerprint density at radius 3 is 2.43 bits per heavy atom. The predicted molar refractivity (Wildman–Crippen MR) is 103 cm³/mol. The normalized spacial score (nSPS) is 13.4. The third-order valence-corrected chi connectivity index (χ3v) is 5.11. The van der Waals surface area contributed by atoms with Crippen LogP contribution in [-0.4, -0.2) is 20.7 Å². The molecular formula is C20H16ClF3N4O2. The molecule has 2 aromatic carbocycles. The first-order valence-corrected chi connectivity index (χ1v) is 9.31. The first-order valence-electron chi connectivity index (χ1n) is 8.93. The average Bonchev–Trinajstić information content (AvgIpc) is 3.23. The van der Waals surface area contributed by atoms with Gasteiger partial charge in [0.15, 0.2) is 34.6 Å². The lowest BCUT2D eigenvalue weighted by Crippen LogP contribution is -2.30. The van der Waals surface area contributed by atoms with E-state index in [4.69, 9.17) is 16.3 Å². The molecular weight excluding hydrogens is 421 g/mol. The van der Waals surface area contributed by atoms with Crippen molar-refractivity contribution in [3.05, 3.63) is 63.7 Å². The summed E-state index contributed by atoms with van der Waals surface area (Å²) < 4.78 is 50.4. The largest absolute Gasteiger partial charge is 0.474 e. The molecule has 1 aromatic heterocycles. The molecule has 0 atom stereocenters. The van der Waals surface area contributed by atoms with Gasteiger partial charge in [0.25, 0.3) is 5.91 Å². The van der Waals surface area contributed by atoms with Gasteiger partial charge in [-0.3, -0.25) is 4.79 Å². The van der Waals surface area contributed by atoms with Gasteiger partial charge >= 0.3 is 0 Å². The molecule has 0 bridgehead atoms. The van der Waals surface area contributed by atoms with Crippen molar-refractivity contribution in [2.45, 2.75) is 26.0 Å². The van der Waals surface area contributed by atoms with E-state index < -0.39 is 28.8 Å². The SMILES string of the molecule is Cn1c(-c2ccc3c(c2F)CNC3=O)nnc1C(C)(C)Oc1c(F)cc(Cl)cc1F. The standard InChI is InChI=1S/C20H16ClF3N4O2/c1-20(2,30-16-13(22)6-9(21)7-14(16)23)19-27-26-17(28(19)3)11-5-4-10-12(15(11)24)8-25-18(10)29/h4-7H,8H2,1-3H3,(H,25,29). The average molecular weight is 437 g/mol. The Bertz CT molecular complexity index is 1170. The van der Waals surface area contributed by atoms with Crippen LogP contribution in [0.4, 0.5) is 13.2 Å². The van der Waals surface area contributed by atoms with Crippen molar-refractivity contribution in [1.82, 2.24) is 20.1 Å². The van der Waals surface area contributed by atoms with Crippen LogP contribution in [0.3, 0.4) is 0 Å². The van der Waals surface area contributed by atoms with Gasteiger partial charge in [-0.25, -0.2) is 13.2 Å². The summed E-state index contributed by atoms with van der Waals surface area (Å²) in [6.45, 7) is 3.19. The van der Waals surface area contributed by atoms with Gasteiger partial charge in [-0.2, -0.15) is 0 Å². The van der Waals surface area contributed by atoms with Crippen LogP contribution in [0.25, 0.3) is 11.4 Å². The molecule has 1 N–H and O–H groups in total. The molecule has 0 saturated carbocycles. The molecule has 1 aliphatic heterocycles. The number of nitrogens with one attached hydrogen (secondary N) is 1. The Hall–Kier alpha value is -3.07. The molecule has 2 heterocycles. The number of carbonyl (C=O) groups excluding carboxylic acids is 1. The van der Waals surface area contributed by atoms with Crippen LogP contribution >= 0.6 is 11.6 Å². The van der Waals surface area contributed by atoms with Crippen LogP contribution in [0, 0.1) is 17.5 Å². The fraction of sp³-hybridized carbons (Fsp3) is 0.250. The summed E-state index contributed by atoms with van der Waals surface area (Å²) in [6, 6.07) is 4.84. The number of aromatic nitrogens is 3. The minimum atomic E-state index is -1.32. The van der Waals surface area contributed by atoms with E-state index in [-0.39, 0.29) is 45.8 Å². The van der Waals surface area contributed by atoms with Crippen LogP contribution < -0.4 is 10.1 Å². The third kappa shape index (κ3) is 3.19. The second kappa shape index (κ2) is 7.02. The molecule has 156 valence electrons. The number of halogens is 4. The second-order valence-corrected chi connectivity index (χ2v) is 7.79. The highest BCUT2D eigenvalue weighted by molar-refractivity contribution is 6.30. The summed E-state index contributed by atoms with van der Waals surface area (Å²) in [5.74, 6) is -3.06. The number of benzene rings is 2. The quantitative estimate of drug-likeness (QED) is 0.668. The van der Waals surface area contributed by atoms with Gasteiger partial charge in [0.05, 0.1) is 5.56 Å². The predicted octanol–water partition coefficient (Wildman–Crippen LogP) is 4.11. The molecule has 0 spiro atoms. The van der Waals surface area contributed by atoms with Crippen LogP contribution in [0.15, 0.2) is 24.3 Å². The lowest BCUT2D eigenvalue weighted by Gasteiger charge is -2.26. The van der Waals surface area contributed by atoms with Gasteiger partial charge in [-0.15, -0.1) is 10.2 Å². The minimum Gasteiger partial charge on any atom is -0.474 e. The van der Waals surface area contributed by atoms with E-state index in [0.29, 0.717) is 0 Å². The molecule has 4 rings (SSSR count). The topological polar surface area (TPSA) is 69.0 Å². The van der Waals surface area contributed by atoms with Crippen molar-refractivity contribution in [1.29, 1.82) is 0 Å². The highest BCUT2D eigenvalue weighted by atomic mass is 35.5. The summed E-state index contributed by atoms with van der Waals surface area (Å²) in [5.41, 5.74) is -0.648. The maximum absolute atomic E-state index is 15.0. The van der Waals surface area contributed by atoms with Crippen molar-refractivity contribution in [2.75, 3.05) is 0 Å². The summed E-state index contributed by atoms with van der Waals surface area (Å²) in [5, 5.41) is 10.6. The summed E-state index contributed by atoms with van der Waals surface area (Å²) >= 11 is 5.65. The van der Waals surface area contributed by atoms with E-state index in [2.05, 4.69) is 15.5 Å². The lowest BCUT2D eigenvalue weighted by atomic mass is 10.0. The Balaban J connectivity index is 1.73. The molecule has 0 radical (unpaired) electrons. The highest BCUT2D eigenvalue weighted by Gasteiger charge is 2.33. The van der Waals surface area contributed by atoms with Crippen molar-refractivity contribution in [3.63, 3.8) is 0 Å². The maximum Gasteiger partial charge on any atom is 0.252 e. The zero-order valence-electron chi connectivity index (χ0n) is 16.2. The van der Waals surface area contributed by atoms with Crippen molar-refractivity contribution in [2.24, 2.45) is 7.05 Å². The number of amides is 1. The molecule has 0 aliphatic carbocycles. The molecule has 0 saturated heterocycles. The van der Waals surface area contributed by atoms with E-state index >= 15 is 0 Å². The number of nitrogens with zero attached hydrogens (tertiary/aromatic N) is 3. The van der Waals surface area contributed by atoms with Crippen molar-refractivity contribution in [3.8, 4) is 17.1 Å². The van der Waals surface area contributed by atoms with E-state index in [1.165, 1.54) is 16.7 Å². The van der Waals surface area contributed by atoms with Gasteiger partial charge in [0, 0.05) is 29.7 Å². The van der Waals surface area contributed by atoms with Crippen LogP contribution in [-0.2, 0) is 19.2 Å². The Morgan fingerprint density at radius 1 is 1.13 bits per heavy atom. The van der Waals surface area contributed by atoms with Crippen LogP contribution in [0.5, 0.6) is 5.75 Å². The lowest BCUT2D eigenvalue weighted by molar-refractivity contribution is 0.0836. The summed E-state index contributed by atoms with van der Waals surface area (Å²) in [7, 11) is 1.58. The Morgan fingerprint density at radius 2 is 1.77 bits per heavy atom. The fourth-order valence-corrected chi connectivity index (χ4v) is 3.65. The fourth-order valence-electron chi connectivity index (χ4n) is 3.46. The Labute approximate surface area is 174 Å². The molecule has 1 amide bonds. The summed E-state index contributed by atoms with van der Waals surface area (Å²) in [6.07, 6.45) is 0. The van der Waals surface area contributed by atoms with Crippen LogP contribution in [0.1, 0.15) is 35.6 Å². The molecule has 6 nitrogen and oxygen atoms in total. The molecule has 0 unspecified atom stereocenters. The molecule has 30 heavy (non-hydrogen) atoms. The van der Waals surface area contributed by atoms with Gasteiger partial charge in [0.2, 0.25) is 0 Å². The van der Waals surface area contributed by atoms with E-state index in [9.17, 15) is 18.0 Å². The first-order chi connectivity index (χ1) is 14.1. The minimum absolute atomic E-state index is 0.0856. The van der Waals surface area contributed by atoms with Gasteiger partial charge in [-0.05, 0) is 38.1 Å². The number of ether oxygens (including phenoxy) is 1. The molecule has 0 fully saturated rings. The van der Waals surface area contributed by atoms with Gasteiger partial charge in [0.1, 0.15) is 5.82 Å². The Kier molecular flexibility index (Phi) is 4.73. The molecule has 3 aromatic rings.